The molecule has 0 spiro atoms. The maximum absolute atomic E-state index is 11.9. The monoisotopic (exact) mass is 384 g/mol. The summed E-state index contributed by atoms with van der Waals surface area (Å²) in [5, 5.41) is 19.9. The topological polar surface area (TPSA) is 90.3 Å². The van der Waals surface area contributed by atoms with Crippen molar-refractivity contribution in [1.29, 1.82) is 0 Å². The summed E-state index contributed by atoms with van der Waals surface area (Å²) in [6, 6.07) is 7.73. The van der Waals surface area contributed by atoms with Crippen molar-refractivity contribution in [3.8, 4) is 5.75 Å². The van der Waals surface area contributed by atoms with E-state index in [9.17, 15) is 13.5 Å². The summed E-state index contributed by atoms with van der Waals surface area (Å²) < 4.78 is 30.8. The number of likely N-dealkylation sites (tertiary alicyclic amines) is 1. The Morgan fingerprint density at radius 1 is 1.23 bits per heavy atom. The van der Waals surface area contributed by atoms with Crippen LogP contribution in [0.5, 0.6) is 5.75 Å². The molecule has 2 fully saturated rings. The fourth-order valence-electron chi connectivity index (χ4n) is 3.96. The summed E-state index contributed by atoms with van der Waals surface area (Å²) in [4.78, 5) is 2.24. The summed E-state index contributed by atoms with van der Waals surface area (Å²) in [6.07, 6.45) is 2.37. The first-order valence-corrected chi connectivity index (χ1v) is 10.9. The van der Waals surface area contributed by atoms with Gasteiger partial charge >= 0.3 is 0 Å². The van der Waals surface area contributed by atoms with E-state index in [4.69, 9.17) is 9.84 Å². The Kier molecular flexibility index (Phi) is 5.88. The molecule has 2 N–H and O–H groups in total. The summed E-state index contributed by atoms with van der Waals surface area (Å²) >= 11 is 0. The number of nitrogens with zero attached hydrogens (tertiary/aromatic N) is 2. The molecule has 2 heterocycles. The average molecular weight is 384 g/mol. The minimum absolute atomic E-state index is 0.0333. The predicted molar refractivity (Wildman–Crippen MR) is 98.4 cm³/mol. The normalized spacial score (nSPS) is 27.9. The molecule has 0 aliphatic carbocycles. The lowest BCUT2D eigenvalue weighted by Crippen LogP contribution is -2.60. The molecule has 7 nitrogen and oxygen atoms in total. The van der Waals surface area contributed by atoms with Gasteiger partial charge in [-0.1, -0.05) is 18.2 Å². The van der Waals surface area contributed by atoms with Crippen LogP contribution in [0, 0.1) is 5.92 Å². The van der Waals surface area contributed by atoms with E-state index in [0.717, 1.165) is 17.9 Å². The zero-order valence-electron chi connectivity index (χ0n) is 15.2. The minimum Gasteiger partial charge on any atom is -0.491 e. The molecule has 2 saturated heterocycles. The van der Waals surface area contributed by atoms with Crippen molar-refractivity contribution in [3.05, 3.63) is 29.8 Å². The number of piperidine rings is 2. The van der Waals surface area contributed by atoms with Crippen LogP contribution in [0.4, 0.5) is 0 Å². The maximum Gasteiger partial charge on any atom is 0.211 e. The van der Waals surface area contributed by atoms with E-state index < -0.39 is 15.6 Å². The van der Waals surface area contributed by atoms with Crippen LogP contribution in [0.15, 0.2) is 24.3 Å². The van der Waals surface area contributed by atoms with Crippen molar-refractivity contribution in [2.75, 3.05) is 45.6 Å². The highest BCUT2D eigenvalue weighted by Gasteiger charge is 2.46. The molecule has 26 heavy (non-hydrogen) atoms. The fraction of sp³-hybridized carbons (Fsp3) is 0.667. The Labute approximate surface area is 155 Å². The Morgan fingerprint density at radius 3 is 2.69 bits per heavy atom. The van der Waals surface area contributed by atoms with Gasteiger partial charge in [-0.05, 0) is 18.9 Å². The van der Waals surface area contributed by atoms with Crippen LogP contribution < -0.4 is 4.74 Å². The Hall–Kier alpha value is -1.19. The van der Waals surface area contributed by atoms with E-state index in [2.05, 4.69) is 4.90 Å². The van der Waals surface area contributed by atoms with E-state index in [-0.39, 0.29) is 19.1 Å². The van der Waals surface area contributed by atoms with Gasteiger partial charge in [-0.25, -0.2) is 12.7 Å². The summed E-state index contributed by atoms with van der Waals surface area (Å²) in [6.45, 7) is 3.07. The number of hydrogen-bond donors (Lipinski definition) is 2. The molecule has 2 atom stereocenters. The lowest BCUT2D eigenvalue weighted by atomic mass is 9.76. The van der Waals surface area contributed by atoms with E-state index >= 15 is 0 Å². The van der Waals surface area contributed by atoms with Gasteiger partial charge in [0.05, 0.1) is 18.5 Å². The average Bonchev–Trinajstić information content (AvgIpc) is 2.60. The molecule has 0 aromatic heterocycles. The summed E-state index contributed by atoms with van der Waals surface area (Å²) in [7, 11) is -3.24. The van der Waals surface area contributed by atoms with Crippen molar-refractivity contribution >= 4 is 10.0 Å². The van der Waals surface area contributed by atoms with Crippen LogP contribution in [0.1, 0.15) is 18.4 Å². The van der Waals surface area contributed by atoms with Gasteiger partial charge in [0.1, 0.15) is 12.4 Å². The van der Waals surface area contributed by atoms with Gasteiger partial charge in [0.25, 0.3) is 0 Å². The largest absolute Gasteiger partial charge is 0.491 e. The molecule has 0 amide bonds. The molecule has 2 aliphatic rings. The zero-order chi connectivity index (χ0) is 18.8. The fourth-order valence-corrected chi connectivity index (χ4v) is 4.83. The zero-order valence-corrected chi connectivity index (χ0v) is 16.0. The second-order valence-corrected chi connectivity index (χ2v) is 9.32. The molecule has 0 radical (unpaired) electrons. The molecule has 2 aliphatic heterocycles. The number of ether oxygens (including phenoxy) is 1. The second-order valence-electron chi connectivity index (χ2n) is 7.34. The lowest BCUT2D eigenvalue weighted by molar-refractivity contribution is -0.103. The number of rotatable bonds is 6. The van der Waals surface area contributed by atoms with Crippen LogP contribution in [0.25, 0.3) is 0 Å². The number of para-hydroxylation sites is 1. The SMILES string of the molecule is CS(=O)(=O)N1CC[C@@]2(O)CCN(Cc3ccccc3OCCO)C[C@H]2C1. The van der Waals surface area contributed by atoms with Gasteiger partial charge in [-0.2, -0.15) is 0 Å². The first kappa shape index (κ1) is 19.6. The second kappa shape index (κ2) is 7.82. The quantitative estimate of drug-likeness (QED) is 0.732. The molecule has 0 saturated carbocycles. The highest BCUT2D eigenvalue weighted by Crippen LogP contribution is 2.37. The van der Waals surface area contributed by atoms with Gasteiger partial charge in [0, 0.05) is 44.2 Å². The summed E-state index contributed by atoms with van der Waals surface area (Å²) in [5.41, 5.74) is 0.257. The van der Waals surface area contributed by atoms with E-state index in [1.807, 2.05) is 24.3 Å². The van der Waals surface area contributed by atoms with Crippen LogP contribution in [-0.2, 0) is 16.6 Å². The van der Waals surface area contributed by atoms with Gasteiger partial charge in [0.2, 0.25) is 10.0 Å². The molecule has 8 heteroatoms. The molecule has 3 rings (SSSR count). The van der Waals surface area contributed by atoms with Crippen molar-refractivity contribution in [2.24, 2.45) is 5.92 Å². The number of aliphatic hydroxyl groups excluding tert-OH is 1. The Bertz CT molecular complexity index is 726. The van der Waals surface area contributed by atoms with E-state index in [1.165, 1.54) is 10.6 Å². The molecule has 1 aromatic rings. The molecule has 1 aromatic carbocycles. The first-order valence-electron chi connectivity index (χ1n) is 9.03. The number of aliphatic hydroxyl groups is 2. The van der Waals surface area contributed by atoms with E-state index in [0.29, 0.717) is 39.0 Å². The number of benzene rings is 1. The molecular weight excluding hydrogens is 356 g/mol. The minimum atomic E-state index is -3.24. The standard InChI is InChI=1S/C18H28N2O5S/c1-26(23,24)20-9-7-18(22)6-8-19(13-16(18)14-20)12-15-4-2-3-5-17(15)25-11-10-21/h2-5,16,21-22H,6-14H2,1H3/t16-,18-/m0/s1. The smallest absolute Gasteiger partial charge is 0.211 e. The number of sulfonamides is 1. The van der Waals surface area contributed by atoms with Crippen LogP contribution in [-0.4, -0.2) is 79.1 Å². The van der Waals surface area contributed by atoms with Crippen molar-refractivity contribution in [2.45, 2.75) is 25.0 Å². The van der Waals surface area contributed by atoms with Gasteiger partial charge < -0.3 is 14.9 Å². The Morgan fingerprint density at radius 2 is 1.96 bits per heavy atom. The molecule has 0 bridgehead atoms. The highest BCUT2D eigenvalue weighted by molar-refractivity contribution is 7.88. The molecular formula is C18H28N2O5S. The number of fused-ring (bicyclic) bond motifs is 1. The molecule has 0 unspecified atom stereocenters. The predicted octanol–water partition coefficient (Wildman–Crippen LogP) is 0.276. The third-order valence-corrected chi connectivity index (χ3v) is 6.77. The maximum atomic E-state index is 11.9. The van der Waals surface area contributed by atoms with Crippen LogP contribution in [0.3, 0.4) is 0 Å². The summed E-state index contributed by atoms with van der Waals surface area (Å²) in [5.74, 6) is 0.661. The van der Waals surface area contributed by atoms with Crippen LogP contribution in [0.2, 0.25) is 0 Å². The van der Waals surface area contributed by atoms with Crippen LogP contribution >= 0.6 is 0 Å². The molecule has 146 valence electrons. The lowest BCUT2D eigenvalue weighted by Gasteiger charge is -2.49. The van der Waals surface area contributed by atoms with Gasteiger partial charge in [-0.3, -0.25) is 4.90 Å². The third-order valence-electron chi connectivity index (χ3n) is 5.50. The van der Waals surface area contributed by atoms with Crippen molar-refractivity contribution in [1.82, 2.24) is 9.21 Å². The van der Waals surface area contributed by atoms with Gasteiger partial charge in [-0.15, -0.1) is 0 Å². The third kappa shape index (κ3) is 4.37. The first-order chi connectivity index (χ1) is 12.3. The van der Waals surface area contributed by atoms with Crippen molar-refractivity contribution < 1.29 is 23.4 Å². The van der Waals surface area contributed by atoms with Crippen molar-refractivity contribution in [3.63, 3.8) is 0 Å². The number of hydrogen-bond acceptors (Lipinski definition) is 6. The highest BCUT2D eigenvalue weighted by atomic mass is 32.2. The van der Waals surface area contributed by atoms with Gasteiger partial charge in [0.15, 0.2) is 0 Å². The Balaban J connectivity index is 1.69. The van der Waals surface area contributed by atoms with E-state index in [1.54, 1.807) is 0 Å².